The molecule has 6 heteroatoms. The summed E-state index contributed by atoms with van der Waals surface area (Å²) in [5.74, 6) is 0.972. The molecule has 5 nitrogen and oxygen atoms in total. The molecule has 0 unspecified atom stereocenters. The second-order valence-corrected chi connectivity index (χ2v) is 11.6. The Hall–Kier alpha value is -1.21. The Balaban J connectivity index is 1.66. The fraction of sp³-hybridized carbons (Fsp3) is 0.759. The first-order valence-corrected chi connectivity index (χ1v) is 14.3. The van der Waals surface area contributed by atoms with Gasteiger partial charge in [-0.1, -0.05) is 62.4 Å². The van der Waals surface area contributed by atoms with E-state index in [1.165, 1.54) is 38.5 Å². The summed E-state index contributed by atoms with van der Waals surface area (Å²) in [7, 11) is 6.05. The molecule has 2 aliphatic rings. The van der Waals surface area contributed by atoms with Crippen LogP contribution in [0.3, 0.4) is 0 Å². The first-order valence-electron chi connectivity index (χ1n) is 13.9. The summed E-state index contributed by atoms with van der Waals surface area (Å²) in [4.78, 5) is 4.60. The molecule has 1 aliphatic carbocycles. The van der Waals surface area contributed by atoms with E-state index in [1.54, 1.807) is 7.11 Å². The number of thiocarbonyl (C=S) groups is 1. The highest BCUT2D eigenvalue weighted by Gasteiger charge is 2.40. The highest BCUT2D eigenvalue weighted by molar-refractivity contribution is 7.80. The van der Waals surface area contributed by atoms with E-state index >= 15 is 0 Å². The molecular formula is C29H49N3O2S. The van der Waals surface area contributed by atoms with Gasteiger partial charge in [-0.2, -0.15) is 0 Å². The highest BCUT2D eigenvalue weighted by atomic mass is 32.1. The number of unbranched alkanes of at least 4 members (excludes halogenated alkanes) is 1. The number of methoxy groups -OCH3 is 1. The number of aliphatic hydroxyl groups is 1. The van der Waals surface area contributed by atoms with Crippen molar-refractivity contribution >= 4 is 17.3 Å². The van der Waals surface area contributed by atoms with Crippen LogP contribution in [0.15, 0.2) is 30.3 Å². The molecule has 1 saturated carbocycles. The quantitative estimate of drug-likeness (QED) is 0.303. The van der Waals surface area contributed by atoms with Crippen LogP contribution in [0.2, 0.25) is 0 Å². The molecule has 0 spiro atoms. The number of likely N-dealkylation sites (tertiary alicyclic amines) is 1. The number of piperidine rings is 1. The summed E-state index contributed by atoms with van der Waals surface area (Å²) in [6.45, 7) is 3.51. The van der Waals surface area contributed by atoms with Crippen molar-refractivity contribution < 1.29 is 9.84 Å². The molecule has 198 valence electrons. The lowest BCUT2D eigenvalue weighted by atomic mass is 9.74. The minimum Gasteiger partial charge on any atom is -0.385 e. The van der Waals surface area contributed by atoms with Gasteiger partial charge in [0.1, 0.15) is 0 Å². The zero-order chi connectivity index (χ0) is 25.1. The molecule has 0 aromatic heterocycles. The average molecular weight is 504 g/mol. The predicted molar refractivity (Wildman–Crippen MR) is 150 cm³/mol. The van der Waals surface area contributed by atoms with Gasteiger partial charge < -0.3 is 25.0 Å². The summed E-state index contributed by atoms with van der Waals surface area (Å²) in [5.41, 5.74) is 0.194. The van der Waals surface area contributed by atoms with E-state index in [2.05, 4.69) is 41.3 Å². The van der Waals surface area contributed by atoms with E-state index in [0.29, 0.717) is 6.04 Å². The zero-order valence-electron chi connectivity index (χ0n) is 22.4. The van der Waals surface area contributed by atoms with Gasteiger partial charge in [0.15, 0.2) is 5.11 Å². The smallest absolute Gasteiger partial charge is 0.169 e. The second-order valence-electron chi connectivity index (χ2n) is 11.2. The molecule has 35 heavy (non-hydrogen) atoms. The van der Waals surface area contributed by atoms with E-state index in [9.17, 15) is 5.11 Å². The average Bonchev–Trinajstić information content (AvgIpc) is 2.87. The van der Waals surface area contributed by atoms with Crippen LogP contribution in [0.4, 0.5) is 0 Å². The number of hydrogen-bond donors (Lipinski definition) is 2. The summed E-state index contributed by atoms with van der Waals surface area (Å²) in [5, 5.41) is 16.7. The molecule has 0 bridgehead atoms. The van der Waals surface area contributed by atoms with E-state index in [4.69, 9.17) is 17.0 Å². The molecule has 0 amide bonds. The molecule has 2 fully saturated rings. The van der Waals surface area contributed by atoms with Crippen molar-refractivity contribution in [1.82, 2.24) is 15.1 Å². The summed E-state index contributed by atoms with van der Waals surface area (Å²) < 4.78 is 5.26. The van der Waals surface area contributed by atoms with Crippen LogP contribution < -0.4 is 5.32 Å². The molecule has 1 heterocycles. The van der Waals surface area contributed by atoms with E-state index in [-0.39, 0.29) is 5.92 Å². The van der Waals surface area contributed by atoms with E-state index < -0.39 is 5.60 Å². The highest BCUT2D eigenvalue weighted by Crippen LogP contribution is 2.39. The maximum absolute atomic E-state index is 12.1. The van der Waals surface area contributed by atoms with Gasteiger partial charge in [0.25, 0.3) is 0 Å². The topological polar surface area (TPSA) is 48.0 Å². The number of ether oxygens (including phenoxy) is 1. The van der Waals surface area contributed by atoms with Gasteiger partial charge in [0.2, 0.25) is 0 Å². The zero-order valence-corrected chi connectivity index (χ0v) is 23.2. The van der Waals surface area contributed by atoms with Gasteiger partial charge in [-0.15, -0.1) is 0 Å². The van der Waals surface area contributed by atoms with Crippen molar-refractivity contribution in [3.63, 3.8) is 0 Å². The van der Waals surface area contributed by atoms with Crippen molar-refractivity contribution in [3.05, 3.63) is 35.9 Å². The Morgan fingerprint density at radius 1 is 1.14 bits per heavy atom. The Morgan fingerprint density at radius 2 is 1.89 bits per heavy atom. The maximum atomic E-state index is 12.1. The van der Waals surface area contributed by atoms with E-state index in [0.717, 1.165) is 74.9 Å². The maximum Gasteiger partial charge on any atom is 0.169 e. The molecule has 2 N–H and O–H groups in total. The lowest BCUT2D eigenvalue weighted by Gasteiger charge is -2.44. The van der Waals surface area contributed by atoms with Crippen LogP contribution in [0.5, 0.6) is 0 Å². The number of likely N-dealkylation sites (N-methyl/N-ethyl adjacent to an activating group) is 1. The normalized spacial score (nSPS) is 22.1. The molecule has 3 rings (SSSR count). The van der Waals surface area contributed by atoms with Crippen LogP contribution >= 0.6 is 12.2 Å². The standard InChI is InChI=1S/C29H49N3O2S/c1-31(2)23-27(21-24-13-6-4-7-14-24)30-28(35)32-19-12-17-26(22-32)29(33,18-10-11-20-34-3)25-15-8-5-9-16-25/h5,8-9,15-16,24,26-27,33H,4,6-7,10-14,17-23H2,1-3H3,(H,30,35)/t26-,27+,29-/m1/s1. The number of nitrogens with one attached hydrogen (secondary N) is 1. The Labute approximate surface area is 219 Å². The molecule has 1 aliphatic heterocycles. The van der Waals surface area contributed by atoms with Gasteiger partial charge >= 0.3 is 0 Å². The first kappa shape index (κ1) is 28.4. The first-order chi connectivity index (χ1) is 16.9. The summed E-state index contributed by atoms with van der Waals surface area (Å²) in [6.07, 6.45) is 12.8. The fourth-order valence-electron chi connectivity index (χ4n) is 6.21. The molecule has 1 aromatic rings. The number of benzene rings is 1. The van der Waals surface area contributed by atoms with Crippen LogP contribution in [0.1, 0.15) is 76.2 Å². The molecule has 0 radical (unpaired) electrons. The molecule has 3 atom stereocenters. The van der Waals surface area contributed by atoms with Gasteiger partial charge in [-0.3, -0.25) is 0 Å². The second kappa shape index (κ2) is 14.5. The monoisotopic (exact) mass is 503 g/mol. The lowest BCUT2D eigenvalue weighted by molar-refractivity contribution is -0.0540. The number of hydrogen-bond acceptors (Lipinski definition) is 4. The van der Waals surface area contributed by atoms with Crippen molar-refractivity contribution in [3.8, 4) is 0 Å². The third-order valence-corrected chi connectivity index (χ3v) is 8.45. The Morgan fingerprint density at radius 3 is 2.57 bits per heavy atom. The molecule has 1 aromatic carbocycles. The van der Waals surface area contributed by atoms with Crippen LogP contribution in [-0.4, -0.2) is 73.5 Å². The lowest BCUT2D eigenvalue weighted by Crippen LogP contribution is -2.54. The summed E-state index contributed by atoms with van der Waals surface area (Å²) in [6, 6.07) is 10.7. The Kier molecular flexibility index (Phi) is 11.8. The van der Waals surface area contributed by atoms with Gasteiger partial charge in [0, 0.05) is 45.3 Å². The Bertz CT molecular complexity index is 741. The third-order valence-electron chi connectivity index (χ3n) is 8.07. The summed E-state index contributed by atoms with van der Waals surface area (Å²) >= 11 is 5.98. The van der Waals surface area contributed by atoms with Gasteiger partial charge in [-0.25, -0.2) is 0 Å². The fourth-order valence-corrected chi connectivity index (χ4v) is 6.55. The van der Waals surface area contributed by atoms with Gasteiger partial charge in [0.05, 0.1) is 5.60 Å². The van der Waals surface area contributed by atoms with Crippen LogP contribution in [0, 0.1) is 11.8 Å². The molecular weight excluding hydrogens is 454 g/mol. The molecule has 1 saturated heterocycles. The van der Waals surface area contributed by atoms with Crippen molar-refractivity contribution in [1.29, 1.82) is 0 Å². The van der Waals surface area contributed by atoms with Crippen LogP contribution in [0.25, 0.3) is 0 Å². The largest absolute Gasteiger partial charge is 0.385 e. The van der Waals surface area contributed by atoms with Gasteiger partial charge in [-0.05, 0) is 76.3 Å². The van der Waals surface area contributed by atoms with Crippen LogP contribution in [-0.2, 0) is 10.3 Å². The number of rotatable bonds is 12. The van der Waals surface area contributed by atoms with Crippen molar-refractivity contribution in [2.45, 2.75) is 82.3 Å². The third kappa shape index (κ3) is 8.70. The predicted octanol–water partition coefficient (Wildman–Crippen LogP) is 5.18. The van der Waals surface area contributed by atoms with E-state index in [1.807, 2.05) is 18.2 Å². The minimum atomic E-state index is -0.839. The SMILES string of the molecule is COCCCC[C@@](O)(c1ccccc1)[C@@H]1CCCN(C(=S)N[C@@H](CC2CCCCC2)CN(C)C)C1. The van der Waals surface area contributed by atoms with Crippen molar-refractivity contribution in [2.75, 3.05) is 47.4 Å². The minimum absolute atomic E-state index is 0.159. The van der Waals surface area contributed by atoms with Crippen molar-refractivity contribution in [2.24, 2.45) is 11.8 Å². The number of nitrogens with zero attached hydrogens (tertiary/aromatic N) is 2.